The minimum Gasteiger partial charge on any atom is -0.486 e. The Hall–Kier alpha value is -2.30. The van der Waals surface area contributed by atoms with Crippen molar-refractivity contribution in [3.63, 3.8) is 0 Å². The summed E-state index contributed by atoms with van der Waals surface area (Å²) in [4.78, 5) is 12.6. The largest absolute Gasteiger partial charge is 0.486 e. The molecule has 0 saturated carbocycles. The quantitative estimate of drug-likeness (QED) is 0.656. The average molecular weight is 441 g/mol. The summed E-state index contributed by atoms with van der Waals surface area (Å²) in [5, 5.41) is 2.45. The van der Waals surface area contributed by atoms with Gasteiger partial charge in [-0.1, -0.05) is 12.1 Å². The van der Waals surface area contributed by atoms with Crippen molar-refractivity contribution in [2.75, 3.05) is 30.5 Å². The number of fused-ring (bicyclic) bond motifs is 1. The Morgan fingerprint density at radius 3 is 2.62 bits per heavy atom. The van der Waals surface area contributed by atoms with Gasteiger partial charge in [0.2, 0.25) is 15.9 Å². The first-order chi connectivity index (χ1) is 13.9. The molecule has 2 aromatic carbocycles. The smallest absolute Gasteiger partial charge is 0.242 e. The number of carbonyl (C=O) groups is 1. The van der Waals surface area contributed by atoms with Crippen LogP contribution in [0, 0.1) is 5.82 Å². The SMILES string of the molecule is CSCCC(NS(=O)(=O)c1ccc2c(c1)OCCO2)C(=O)Nc1ccccc1F. The zero-order chi connectivity index (χ0) is 20.9. The number of anilines is 1. The Balaban J connectivity index is 1.79. The maximum absolute atomic E-state index is 13.8. The third-order valence-electron chi connectivity index (χ3n) is 4.18. The number of sulfonamides is 1. The van der Waals surface area contributed by atoms with Gasteiger partial charge >= 0.3 is 0 Å². The highest BCUT2D eigenvalue weighted by molar-refractivity contribution is 7.98. The topological polar surface area (TPSA) is 93.7 Å². The third kappa shape index (κ3) is 5.40. The number of hydrogen-bond donors (Lipinski definition) is 2. The predicted molar refractivity (Wildman–Crippen MR) is 110 cm³/mol. The summed E-state index contributed by atoms with van der Waals surface area (Å²) < 4.78 is 52.8. The molecule has 2 N–H and O–H groups in total. The van der Waals surface area contributed by atoms with E-state index in [2.05, 4.69) is 10.0 Å². The molecule has 1 amide bonds. The summed E-state index contributed by atoms with van der Waals surface area (Å²) in [6.45, 7) is 0.718. The van der Waals surface area contributed by atoms with Crippen molar-refractivity contribution in [1.29, 1.82) is 0 Å². The van der Waals surface area contributed by atoms with Crippen LogP contribution in [0.5, 0.6) is 11.5 Å². The highest BCUT2D eigenvalue weighted by atomic mass is 32.2. The molecule has 10 heteroatoms. The van der Waals surface area contributed by atoms with Gasteiger partial charge < -0.3 is 14.8 Å². The number of amides is 1. The highest BCUT2D eigenvalue weighted by Crippen LogP contribution is 2.32. The molecular formula is C19H21FN2O5S2. The number of rotatable bonds is 8. The molecular weight excluding hydrogens is 419 g/mol. The Morgan fingerprint density at radius 1 is 1.17 bits per heavy atom. The molecule has 1 unspecified atom stereocenters. The van der Waals surface area contributed by atoms with Crippen LogP contribution in [-0.4, -0.2) is 45.6 Å². The van der Waals surface area contributed by atoms with Gasteiger partial charge in [-0.15, -0.1) is 0 Å². The number of carbonyl (C=O) groups excluding carboxylic acids is 1. The van der Waals surface area contributed by atoms with Crippen molar-refractivity contribution in [3.8, 4) is 11.5 Å². The van der Waals surface area contributed by atoms with Crippen molar-refractivity contribution >= 4 is 33.4 Å². The van der Waals surface area contributed by atoms with Crippen molar-refractivity contribution in [1.82, 2.24) is 4.72 Å². The van der Waals surface area contributed by atoms with E-state index in [-0.39, 0.29) is 17.0 Å². The first kappa shape index (κ1) is 21.4. The second-order valence-electron chi connectivity index (χ2n) is 6.23. The molecule has 1 aliphatic rings. The molecule has 1 aliphatic heterocycles. The Kier molecular flexibility index (Phi) is 6.99. The maximum atomic E-state index is 13.8. The molecule has 156 valence electrons. The normalized spacial score (nSPS) is 14.3. The summed E-state index contributed by atoms with van der Waals surface area (Å²) in [7, 11) is -4.02. The number of para-hydroxylation sites is 1. The number of benzene rings is 2. The first-order valence-corrected chi connectivity index (χ1v) is 11.7. The number of nitrogens with one attached hydrogen (secondary N) is 2. The van der Waals surface area contributed by atoms with Crippen molar-refractivity contribution in [2.45, 2.75) is 17.4 Å². The van der Waals surface area contributed by atoms with Crippen LogP contribution < -0.4 is 19.5 Å². The van der Waals surface area contributed by atoms with Gasteiger partial charge in [-0.05, 0) is 42.7 Å². The van der Waals surface area contributed by atoms with Crippen LogP contribution in [0.1, 0.15) is 6.42 Å². The Morgan fingerprint density at radius 2 is 1.90 bits per heavy atom. The molecule has 7 nitrogen and oxygen atoms in total. The number of halogens is 1. The fourth-order valence-electron chi connectivity index (χ4n) is 2.71. The van der Waals surface area contributed by atoms with E-state index in [1.54, 1.807) is 6.07 Å². The fraction of sp³-hybridized carbons (Fsp3) is 0.316. The van der Waals surface area contributed by atoms with Crippen LogP contribution in [0.2, 0.25) is 0 Å². The van der Waals surface area contributed by atoms with Gasteiger partial charge in [0, 0.05) is 6.07 Å². The molecule has 0 aliphatic carbocycles. The lowest BCUT2D eigenvalue weighted by Crippen LogP contribution is -2.44. The van der Waals surface area contributed by atoms with Gasteiger partial charge in [0.1, 0.15) is 25.1 Å². The molecule has 3 rings (SSSR count). The lowest BCUT2D eigenvalue weighted by molar-refractivity contribution is -0.117. The fourth-order valence-corrected chi connectivity index (χ4v) is 4.42. The van der Waals surface area contributed by atoms with Gasteiger partial charge in [-0.25, -0.2) is 12.8 Å². The monoisotopic (exact) mass is 440 g/mol. The molecule has 29 heavy (non-hydrogen) atoms. The molecule has 2 aromatic rings. The van der Waals surface area contributed by atoms with E-state index >= 15 is 0 Å². The van der Waals surface area contributed by atoms with Crippen LogP contribution in [0.15, 0.2) is 47.4 Å². The molecule has 0 spiro atoms. The second-order valence-corrected chi connectivity index (χ2v) is 8.93. The number of thioether (sulfide) groups is 1. The van der Waals surface area contributed by atoms with E-state index < -0.39 is 27.8 Å². The zero-order valence-electron chi connectivity index (χ0n) is 15.7. The number of ether oxygens (including phenoxy) is 2. The Bertz CT molecular complexity index is 984. The van der Waals surface area contributed by atoms with Gasteiger partial charge in [-0.2, -0.15) is 16.5 Å². The van der Waals surface area contributed by atoms with Crippen LogP contribution in [0.25, 0.3) is 0 Å². The summed E-state index contributed by atoms with van der Waals surface area (Å²) in [5.74, 6) is 0.102. The van der Waals surface area contributed by atoms with E-state index in [0.717, 1.165) is 0 Å². The van der Waals surface area contributed by atoms with E-state index in [1.807, 2.05) is 6.26 Å². The zero-order valence-corrected chi connectivity index (χ0v) is 17.3. The summed E-state index contributed by atoms with van der Waals surface area (Å²) in [5.41, 5.74) is -0.00909. The number of hydrogen-bond acceptors (Lipinski definition) is 6. The molecule has 0 radical (unpaired) electrons. The molecule has 0 aromatic heterocycles. The Labute approximate surface area is 173 Å². The summed E-state index contributed by atoms with van der Waals surface area (Å²) >= 11 is 1.47. The van der Waals surface area contributed by atoms with Gasteiger partial charge in [-0.3, -0.25) is 4.79 Å². The predicted octanol–water partition coefficient (Wildman–Crippen LogP) is 2.64. The van der Waals surface area contributed by atoms with Crippen LogP contribution in [0.3, 0.4) is 0 Å². The third-order valence-corrected chi connectivity index (χ3v) is 6.29. The average Bonchev–Trinajstić information content (AvgIpc) is 2.72. The van der Waals surface area contributed by atoms with Crippen molar-refractivity contribution in [3.05, 3.63) is 48.3 Å². The lowest BCUT2D eigenvalue weighted by atomic mass is 10.2. The van der Waals surface area contributed by atoms with Crippen LogP contribution in [-0.2, 0) is 14.8 Å². The van der Waals surface area contributed by atoms with Crippen molar-refractivity contribution in [2.24, 2.45) is 0 Å². The highest BCUT2D eigenvalue weighted by Gasteiger charge is 2.27. The second kappa shape index (κ2) is 9.47. The molecule has 1 heterocycles. The van der Waals surface area contributed by atoms with Gasteiger partial charge in [0.15, 0.2) is 11.5 Å². The maximum Gasteiger partial charge on any atom is 0.242 e. The minimum atomic E-state index is -4.02. The molecule has 1 atom stereocenters. The van der Waals surface area contributed by atoms with E-state index in [4.69, 9.17) is 9.47 Å². The molecule has 0 saturated heterocycles. The van der Waals surface area contributed by atoms with Crippen molar-refractivity contribution < 1.29 is 27.1 Å². The van der Waals surface area contributed by atoms with E-state index in [0.29, 0.717) is 30.5 Å². The standard InChI is InChI=1S/C19H21FN2O5S2/c1-28-11-8-16(19(23)21-15-5-3-2-4-14(15)20)22-29(24,25)13-6-7-17-18(12-13)27-10-9-26-17/h2-7,12,16,22H,8-11H2,1H3,(H,21,23). The molecule has 0 fully saturated rings. The lowest BCUT2D eigenvalue weighted by Gasteiger charge is -2.21. The first-order valence-electron chi connectivity index (χ1n) is 8.87. The summed E-state index contributed by atoms with van der Waals surface area (Å²) in [6, 6.07) is 8.89. The van der Waals surface area contributed by atoms with Crippen LogP contribution in [0.4, 0.5) is 10.1 Å². The van der Waals surface area contributed by atoms with Gasteiger partial charge in [0.05, 0.1) is 10.6 Å². The van der Waals surface area contributed by atoms with E-state index in [9.17, 15) is 17.6 Å². The van der Waals surface area contributed by atoms with Crippen LogP contribution >= 0.6 is 11.8 Å². The minimum absolute atomic E-state index is 0.00909. The van der Waals surface area contributed by atoms with Gasteiger partial charge in [0.25, 0.3) is 0 Å². The summed E-state index contributed by atoms with van der Waals surface area (Å²) in [6.07, 6.45) is 2.09. The molecule has 0 bridgehead atoms. The van der Waals surface area contributed by atoms with E-state index in [1.165, 1.54) is 48.2 Å².